The van der Waals surface area contributed by atoms with E-state index in [9.17, 15) is 4.79 Å². The summed E-state index contributed by atoms with van der Waals surface area (Å²) in [6, 6.07) is 27.5. The van der Waals surface area contributed by atoms with E-state index < -0.39 is 0 Å². The molecule has 1 heterocycles. The SMILES string of the molecule is C[C@@H](NCCc1ccccc1)c1nc2ccccc2c(=O)n1-c1ccccc1. The fourth-order valence-corrected chi connectivity index (χ4v) is 3.44. The normalized spacial score (nSPS) is 12.2. The second-order valence-corrected chi connectivity index (χ2v) is 6.87. The van der Waals surface area contributed by atoms with Crippen LogP contribution in [0.5, 0.6) is 0 Å². The van der Waals surface area contributed by atoms with E-state index >= 15 is 0 Å². The molecule has 0 aliphatic carbocycles. The van der Waals surface area contributed by atoms with E-state index in [2.05, 4.69) is 36.5 Å². The molecule has 1 atom stereocenters. The molecule has 1 N–H and O–H groups in total. The topological polar surface area (TPSA) is 46.9 Å². The average Bonchev–Trinajstić information content (AvgIpc) is 2.75. The molecule has 0 unspecified atom stereocenters. The highest BCUT2D eigenvalue weighted by Gasteiger charge is 2.17. The molecule has 4 aromatic rings. The summed E-state index contributed by atoms with van der Waals surface area (Å²) < 4.78 is 1.72. The molecule has 3 aromatic carbocycles. The lowest BCUT2D eigenvalue weighted by Gasteiger charge is -2.19. The average molecular weight is 369 g/mol. The quantitative estimate of drug-likeness (QED) is 0.552. The zero-order valence-corrected chi connectivity index (χ0v) is 15.9. The van der Waals surface area contributed by atoms with Crippen LogP contribution in [-0.4, -0.2) is 16.1 Å². The Kier molecular flexibility index (Phi) is 5.31. The summed E-state index contributed by atoms with van der Waals surface area (Å²) in [5.74, 6) is 0.725. The van der Waals surface area contributed by atoms with Crippen molar-refractivity contribution in [1.29, 1.82) is 0 Å². The number of hydrogen-bond donors (Lipinski definition) is 1. The Morgan fingerprint density at radius 1 is 0.893 bits per heavy atom. The number of benzene rings is 3. The molecule has 0 aliphatic rings. The molecule has 1 aromatic heterocycles. The first-order chi connectivity index (χ1) is 13.7. The number of nitrogens with one attached hydrogen (secondary N) is 1. The molecule has 0 fully saturated rings. The van der Waals surface area contributed by atoms with Crippen molar-refractivity contribution in [3.63, 3.8) is 0 Å². The lowest BCUT2D eigenvalue weighted by Crippen LogP contribution is -2.31. The molecule has 28 heavy (non-hydrogen) atoms. The van der Waals surface area contributed by atoms with Crippen molar-refractivity contribution in [2.75, 3.05) is 6.54 Å². The Balaban J connectivity index is 1.69. The summed E-state index contributed by atoms with van der Waals surface area (Å²) in [6.45, 7) is 2.86. The minimum absolute atomic E-state index is 0.0384. The summed E-state index contributed by atoms with van der Waals surface area (Å²) in [5, 5.41) is 4.16. The molecule has 140 valence electrons. The predicted octanol–water partition coefficient (Wildman–Crippen LogP) is 4.28. The van der Waals surface area contributed by atoms with Gasteiger partial charge >= 0.3 is 0 Å². The van der Waals surface area contributed by atoms with E-state index in [1.165, 1.54) is 5.56 Å². The van der Waals surface area contributed by atoms with Crippen LogP contribution in [0.25, 0.3) is 16.6 Å². The lowest BCUT2D eigenvalue weighted by atomic mass is 10.1. The molecule has 0 amide bonds. The van der Waals surface area contributed by atoms with Crippen molar-refractivity contribution in [3.8, 4) is 5.69 Å². The van der Waals surface area contributed by atoms with E-state index in [-0.39, 0.29) is 11.6 Å². The van der Waals surface area contributed by atoms with Crippen LogP contribution in [0.15, 0.2) is 89.7 Å². The number of nitrogens with zero attached hydrogens (tertiary/aromatic N) is 2. The third-order valence-corrected chi connectivity index (χ3v) is 4.91. The first-order valence-corrected chi connectivity index (χ1v) is 9.58. The van der Waals surface area contributed by atoms with Crippen LogP contribution in [0.3, 0.4) is 0 Å². The van der Waals surface area contributed by atoms with Crippen LogP contribution in [0.1, 0.15) is 24.4 Å². The molecule has 0 aliphatic heterocycles. The molecule has 4 rings (SSSR count). The molecule has 0 radical (unpaired) electrons. The van der Waals surface area contributed by atoms with Crippen LogP contribution < -0.4 is 10.9 Å². The maximum Gasteiger partial charge on any atom is 0.266 e. The van der Waals surface area contributed by atoms with E-state index in [1.807, 2.05) is 60.7 Å². The maximum atomic E-state index is 13.2. The highest BCUT2D eigenvalue weighted by atomic mass is 16.1. The van der Waals surface area contributed by atoms with Crippen molar-refractivity contribution in [1.82, 2.24) is 14.9 Å². The fourth-order valence-electron chi connectivity index (χ4n) is 3.44. The third-order valence-electron chi connectivity index (χ3n) is 4.91. The van der Waals surface area contributed by atoms with Gasteiger partial charge in [0.2, 0.25) is 0 Å². The number of fused-ring (bicyclic) bond motifs is 1. The predicted molar refractivity (Wildman–Crippen MR) is 114 cm³/mol. The molecular formula is C24H23N3O. The first kappa shape index (κ1) is 18.1. The number of hydrogen-bond acceptors (Lipinski definition) is 3. The Bertz CT molecular complexity index is 1120. The van der Waals surface area contributed by atoms with Gasteiger partial charge < -0.3 is 5.32 Å². The van der Waals surface area contributed by atoms with E-state index in [4.69, 9.17) is 4.98 Å². The lowest BCUT2D eigenvalue weighted by molar-refractivity contribution is 0.536. The largest absolute Gasteiger partial charge is 0.307 e. The van der Waals surface area contributed by atoms with Gasteiger partial charge in [0.25, 0.3) is 5.56 Å². The van der Waals surface area contributed by atoms with Crippen LogP contribution >= 0.6 is 0 Å². The summed E-state index contributed by atoms with van der Waals surface area (Å²) in [5.41, 5.74) is 2.81. The van der Waals surface area contributed by atoms with Gasteiger partial charge in [-0.1, -0.05) is 60.7 Å². The number of para-hydroxylation sites is 2. The van der Waals surface area contributed by atoms with Gasteiger partial charge in [-0.25, -0.2) is 4.98 Å². The van der Waals surface area contributed by atoms with Gasteiger partial charge in [-0.15, -0.1) is 0 Å². The Labute approximate surface area is 164 Å². The van der Waals surface area contributed by atoms with E-state index in [1.54, 1.807) is 4.57 Å². The van der Waals surface area contributed by atoms with Gasteiger partial charge in [0.15, 0.2) is 0 Å². The minimum atomic E-state index is -0.0683. The van der Waals surface area contributed by atoms with E-state index in [0.717, 1.165) is 30.0 Å². The first-order valence-electron chi connectivity index (χ1n) is 9.58. The van der Waals surface area contributed by atoms with Gasteiger partial charge in [0, 0.05) is 0 Å². The van der Waals surface area contributed by atoms with Crippen molar-refractivity contribution in [3.05, 3.63) is 107 Å². The zero-order chi connectivity index (χ0) is 19.3. The van der Waals surface area contributed by atoms with Crippen molar-refractivity contribution >= 4 is 10.9 Å². The molecule has 4 nitrogen and oxygen atoms in total. The van der Waals surface area contributed by atoms with E-state index in [0.29, 0.717) is 5.39 Å². The van der Waals surface area contributed by atoms with Crippen LogP contribution in [0.2, 0.25) is 0 Å². The maximum absolute atomic E-state index is 13.2. The number of aromatic nitrogens is 2. The van der Waals surface area contributed by atoms with Crippen molar-refractivity contribution in [2.45, 2.75) is 19.4 Å². The zero-order valence-electron chi connectivity index (χ0n) is 15.9. The van der Waals surface area contributed by atoms with Gasteiger partial charge in [0.05, 0.1) is 22.6 Å². The Hall–Kier alpha value is -3.24. The monoisotopic (exact) mass is 369 g/mol. The molecule has 0 saturated carbocycles. The summed E-state index contributed by atoms with van der Waals surface area (Å²) in [6.07, 6.45) is 0.925. The smallest absolute Gasteiger partial charge is 0.266 e. The second-order valence-electron chi connectivity index (χ2n) is 6.87. The third kappa shape index (κ3) is 3.73. The molecule has 0 bridgehead atoms. The van der Waals surface area contributed by atoms with Gasteiger partial charge in [-0.05, 0) is 49.7 Å². The van der Waals surface area contributed by atoms with Crippen LogP contribution in [-0.2, 0) is 6.42 Å². The van der Waals surface area contributed by atoms with Gasteiger partial charge in [-0.3, -0.25) is 9.36 Å². The van der Waals surface area contributed by atoms with Crippen LogP contribution in [0.4, 0.5) is 0 Å². The summed E-state index contributed by atoms with van der Waals surface area (Å²) in [7, 11) is 0. The van der Waals surface area contributed by atoms with Crippen LogP contribution in [0, 0.1) is 0 Å². The standard InChI is InChI=1S/C24H23N3O/c1-18(25-17-16-19-10-4-2-5-11-19)23-26-22-15-9-8-14-21(22)24(28)27(23)20-12-6-3-7-13-20/h2-15,18,25H,16-17H2,1H3/t18-/m1/s1. The Morgan fingerprint density at radius 3 is 2.29 bits per heavy atom. The fraction of sp³-hybridized carbons (Fsp3) is 0.167. The van der Waals surface area contributed by atoms with Gasteiger partial charge in [0.1, 0.15) is 5.82 Å². The molecular weight excluding hydrogens is 346 g/mol. The summed E-state index contributed by atoms with van der Waals surface area (Å²) >= 11 is 0. The summed E-state index contributed by atoms with van der Waals surface area (Å²) in [4.78, 5) is 18.1. The highest BCUT2D eigenvalue weighted by Crippen LogP contribution is 2.18. The molecule has 0 saturated heterocycles. The highest BCUT2D eigenvalue weighted by molar-refractivity contribution is 5.77. The molecule has 0 spiro atoms. The van der Waals surface area contributed by atoms with Gasteiger partial charge in [-0.2, -0.15) is 0 Å². The molecule has 4 heteroatoms. The minimum Gasteiger partial charge on any atom is -0.307 e. The van der Waals surface area contributed by atoms with Crippen molar-refractivity contribution in [2.24, 2.45) is 0 Å². The Morgan fingerprint density at radius 2 is 1.54 bits per heavy atom. The van der Waals surface area contributed by atoms with Crippen molar-refractivity contribution < 1.29 is 0 Å². The second kappa shape index (κ2) is 8.19. The number of rotatable bonds is 6.